The third kappa shape index (κ3) is 1.24. The Morgan fingerprint density at radius 1 is 1.55 bits per heavy atom. The average Bonchev–Trinajstić information content (AvgIpc) is 2.60. The highest BCUT2D eigenvalue weighted by molar-refractivity contribution is 5.18. The molecule has 0 aliphatic heterocycles. The number of furan rings is 1. The molecule has 0 bridgehead atoms. The van der Waals surface area contributed by atoms with Crippen molar-refractivity contribution in [1.29, 1.82) is 0 Å². The summed E-state index contributed by atoms with van der Waals surface area (Å²) in [4.78, 5) is 0. The van der Waals surface area contributed by atoms with Gasteiger partial charge < -0.3 is 9.15 Å². The molecule has 0 saturated heterocycles. The number of nitrogens with zero attached hydrogens (tertiary/aromatic N) is 1. The number of rotatable bonds is 2. The lowest BCUT2D eigenvalue weighted by Crippen LogP contribution is -1.76. The maximum atomic E-state index is 5.20. The predicted molar refractivity (Wildman–Crippen MR) is 37.4 cm³/mol. The van der Waals surface area contributed by atoms with E-state index >= 15 is 0 Å². The second-order valence-electron chi connectivity index (χ2n) is 1.97. The van der Waals surface area contributed by atoms with Crippen LogP contribution in [0.25, 0.3) is 0 Å². The number of nitrogens with one attached hydrogen (secondary N) is 1. The molecule has 0 aliphatic rings. The van der Waals surface area contributed by atoms with Crippen molar-refractivity contribution in [3.8, 4) is 11.7 Å². The van der Waals surface area contributed by atoms with E-state index in [2.05, 4.69) is 10.2 Å². The molecule has 2 aromatic rings. The van der Waals surface area contributed by atoms with Crippen molar-refractivity contribution in [1.82, 2.24) is 10.2 Å². The van der Waals surface area contributed by atoms with Crippen molar-refractivity contribution in [2.24, 2.45) is 0 Å². The zero-order valence-electron chi connectivity index (χ0n) is 5.65. The van der Waals surface area contributed by atoms with Crippen LogP contribution in [0.2, 0.25) is 0 Å². The molecule has 0 fully saturated rings. The highest BCUT2D eigenvalue weighted by Gasteiger charge is 1.97. The summed E-state index contributed by atoms with van der Waals surface area (Å²) in [6, 6.07) is 3.49. The fourth-order valence-corrected chi connectivity index (χ4v) is 0.733. The largest absolute Gasteiger partial charge is 0.434 e. The Morgan fingerprint density at radius 3 is 3.18 bits per heavy atom. The zero-order valence-corrected chi connectivity index (χ0v) is 5.65. The molecule has 2 aromatic heterocycles. The number of hydrogen-bond acceptors (Lipinski definition) is 3. The van der Waals surface area contributed by atoms with Gasteiger partial charge in [-0.3, -0.25) is 5.10 Å². The summed E-state index contributed by atoms with van der Waals surface area (Å²) in [6.07, 6.45) is 4.76. The number of aromatic nitrogens is 2. The SMILES string of the molecule is c1coc(Oc2cn[nH]c2)c1. The van der Waals surface area contributed by atoms with Gasteiger partial charge in [0, 0.05) is 6.07 Å². The number of hydrogen-bond donors (Lipinski definition) is 1. The van der Waals surface area contributed by atoms with Gasteiger partial charge in [0.2, 0.25) is 0 Å². The Kier molecular flexibility index (Phi) is 1.37. The molecule has 0 atom stereocenters. The molecule has 2 heterocycles. The van der Waals surface area contributed by atoms with Crippen LogP contribution in [0.5, 0.6) is 11.7 Å². The van der Waals surface area contributed by atoms with Crippen molar-refractivity contribution in [3.63, 3.8) is 0 Å². The fraction of sp³-hybridized carbons (Fsp3) is 0. The Morgan fingerprint density at radius 2 is 2.55 bits per heavy atom. The predicted octanol–water partition coefficient (Wildman–Crippen LogP) is 1.79. The molecule has 0 radical (unpaired) electrons. The van der Waals surface area contributed by atoms with Crippen molar-refractivity contribution < 1.29 is 9.15 Å². The van der Waals surface area contributed by atoms with E-state index in [0.29, 0.717) is 11.7 Å². The first-order valence-electron chi connectivity index (χ1n) is 3.15. The minimum absolute atomic E-state index is 0.464. The summed E-state index contributed by atoms with van der Waals surface area (Å²) in [7, 11) is 0. The highest BCUT2D eigenvalue weighted by Crippen LogP contribution is 2.19. The van der Waals surface area contributed by atoms with Crippen LogP contribution in [0.15, 0.2) is 35.2 Å². The van der Waals surface area contributed by atoms with E-state index in [1.807, 2.05) is 0 Å². The van der Waals surface area contributed by atoms with E-state index < -0.39 is 0 Å². The fourth-order valence-electron chi connectivity index (χ4n) is 0.733. The van der Waals surface area contributed by atoms with E-state index in [-0.39, 0.29) is 0 Å². The van der Waals surface area contributed by atoms with E-state index in [4.69, 9.17) is 9.15 Å². The second-order valence-corrected chi connectivity index (χ2v) is 1.97. The van der Waals surface area contributed by atoms with Crippen molar-refractivity contribution in [3.05, 3.63) is 30.8 Å². The van der Waals surface area contributed by atoms with Crippen LogP contribution < -0.4 is 4.74 Å². The molecular weight excluding hydrogens is 144 g/mol. The summed E-state index contributed by atoms with van der Waals surface area (Å²) in [5.41, 5.74) is 0. The van der Waals surface area contributed by atoms with Gasteiger partial charge in [0.05, 0.1) is 18.7 Å². The Hall–Kier alpha value is -1.71. The third-order valence-electron chi connectivity index (χ3n) is 1.19. The highest BCUT2D eigenvalue weighted by atomic mass is 16.6. The summed E-state index contributed by atoms with van der Waals surface area (Å²) in [5.74, 6) is 1.10. The molecule has 0 amide bonds. The van der Waals surface area contributed by atoms with Gasteiger partial charge >= 0.3 is 0 Å². The summed E-state index contributed by atoms with van der Waals surface area (Å²) < 4.78 is 10.1. The Bertz CT molecular complexity index is 267. The van der Waals surface area contributed by atoms with Crippen LogP contribution in [-0.2, 0) is 0 Å². The molecule has 0 spiro atoms. The van der Waals surface area contributed by atoms with Gasteiger partial charge in [-0.1, -0.05) is 0 Å². The average molecular weight is 150 g/mol. The first-order chi connectivity index (χ1) is 5.45. The topological polar surface area (TPSA) is 51.1 Å². The smallest absolute Gasteiger partial charge is 0.289 e. The minimum Gasteiger partial charge on any atom is -0.434 e. The molecule has 0 unspecified atom stereocenters. The van der Waals surface area contributed by atoms with E-state index in [9.17, 15) is 0 Å². The number of ether oxygens (including phenoxy) is 1. The lowest BCUT2D eigenvalue weighted by atomic mass is 10.6. The molecule has 0 aliphatic carbocycles. The summed E-state index contributed by atoms with van der Waals surface area (Å²) in [5, 5.41) is 6.34. The minimum atomic E-state index is 0.464. The zero-order chi connectivity index (χ0) is 7.52. The van der Waals surface area contributed by atoms with Crippen LogP contribution in [0.4, 0.5) is 0 Å². The van der Waals surface area contributed by atoms with E-state index in [1.54, 1.807) is 30.8 Å². The third-order valence-corrected chi connectivity index (χ3v) is 1.19. The number of H-pyrrole nitrogens is 1. The van der Waals surface area contributed by atoms with Crippen LogP contribution >= 0.6 is 0 Å². The molecule has 1 N–H and O–H groups in total. The van der Waals surface area contributed by atoms with Gasteiger partial charge in [-0.05, 0) is 6.07 Å². The maximum Gasteiger partial charge on any atom is 0.289 e. The van der Waals surface area contributed by atoms with Gasteiger partial charge in [-0.25, -0.2) is 0 Å². The Balaban J connectivity index is 2.14. The molecular formula is C7H6N2O2. The first kappa shape index (κ1) is 6.03. The number of aromatic amines is 1. The second kappa shape index (κ2) is 2.49. The lowest BCUT2D eigenvalue weighted by molar-refractivity contribution is 0.347. The molecule has 56 valence electrons. The molecule has 0 aromatic carbocycles. The van der Waals surface area contributed by atoms with Gasteiger partial charge in [-0.15, -0.1) is 0 Å². The quantitative estimate of drug-likeness (QED) is 0.710. The van der Waals surface area contributed by atoms with E-state index in [1.165, 1.54) is 0 Å². The van der Waals surface area contributed by atoms with Crippen LogP contribution in [0, 0.1) is 0 Å². The lowest BCUT2D eigenvalue weighted by Gasteiger charge is -1.93. The van der Waals surface area contributed by atoms with Crippen LogP contribution in [-0.4, -0.2) is 10.2 Å². The molecule has 0 saturated carbocycles. The maximum absolute atomic E-state index is 5.20. The van der Waals surface area contributed by atoms with Gasteiger partial charge in [0.15, 0.2) is 5.75 Å². The van der Waals surface area contributed by atoms with Crippen LogP contribution in [0.1, 0.15) is 0 Å². The monoisotopic (exact) mass is 150 g/mol. The van der Waals surface area contributed by atoms with Crippen molar-refractivity contribution in [2.75, 3.05) is 0 Å². The van der Waals surface area contributed by atoms with Crippen molar-refractivity contribution in [2.45, 2.75) is 0 Å². The van der Waals surface area contributed by atoms with Gasteiger partial charge in [0.1, 0.15) is 0 Å². The Labute approximate surface area is 62.8 Å². The van der Waals surface area contributed by atoms with Gasteiger partial charge in [0.25, 0.3) is 5.95 Å². The molecule has 4 nitrogen and oxygen atoms in total. The van der Waals surface area contributed by atoms with Gasteiger partial charge in [-0.2, -0.15) is 5.10 Å². The summed E-state index contributed by atoms with van der Waals surface area (Å²) in [6.45, 7) is 0. The standard InChI is InChI=1S/C7H6N2O2/c1-2-7(10-3-1)11-6-4-8-9-5-6/h1-5H,(H,8,9). The summed E-state index contributed by atoms with van der Waals surface area (Å²) >= 11 is 0. The molecule has 4 heteroatoms. The van der Waals surface area contributed by atoms with E-state index in [0.717, 1.165) is 0 Å². The molecule has 11 heavy (non-hydrogen) atoms. The van der Waals surface area contributed by atoms with Crippen molar-refractivity contribution >= 4 is 0 Å². The molecule has 2 rings (SSSR count). The normalized spacial score (nSPS) is 9.82. The first-order valence-corrected chi connectivity index (χ1v) is 3.15. The van der Waals surface area contributed by atoms with Crippen LogP contribution in [0.3, 0.4) is 0 Å².